The van der Waals surface area contributed by atoms with Crippen molar-refractivity contribution < 1.29 is 4.79 Å². The molecule has 1 aliphatic carbocycles. The van der Waals surface area contributed by atoms with Gasteiger partial charge in [-0.05, 0) is 30.9 Å². The van der Waals surface area contributed by atoms with Crippen LogP contribution in [-0.2, 0) is 11.2 Å². The number of ketones is 1. The van der Waals surface area contributed by atoms with E-state index in [1.165, 1.54) is 5.56 Å². The first-order valence-corrected chi connectivity index (χ1v) is 5.83. The summed E-state index contributed by atoms with van der Waals surface area (Å²) in [5.74, 6) is 0.717. The third kappa shape index (κ3) is 2.06. The van der Waals surface area contributed by atoms with E-state index < -0.39 is 0 Å². The van der Waals surface area contributed by atoms with Gasteiger partial charge in [-0.2, -0.15) is 0 Å². The monoisotopic (exact) mass is 252 g/mol. The zero-order valence-electron chi connectivity index (χ0n) is 8.00. The van der Waals surface area contributed by atoms with E-state index in [9.17, 15) is 4.79 Å². The summed E-state index contributed by atoms with van der Waals surface area (Å²) in [4.78, 5) is 11.5. The molecule has 14 heavy (non-hydrogen) atoms. The van der Waals surface area contributed by atoms with Gasteiger partial charge >= 0.3 is 0 Å². The Morgan fingerprint density at radius 3 is 2.79 bits per heavy atom. The number of carbonyl (C=O) groups is 1. The van der Waals surface area contributed by atoms with E-state index in [0.717, 1.165) is 30.2 Å². The van der Waals surface area contributed by atoms with Gasteiger partial charge in [-0.3, -0.25) is 4.79 Å². The highest BCUT2D eigenvalue weighted by atomic mass is 79.9. The van der Waals surface area contributed by atoms with Gasteiger partial charge in [0.05, 0.1) is 0 Å². The summed E-state index contributed by atoms with van der Waals surface area (Å²) in [7, 11) is 0. The lowest BCUT2D eigenvalue weighted by Gasteiger charge is -2.09. The van der Waals surface area contributed by atoms with E-state index in [0.29, 0.717) is 5.78 Å². The number of rotatable bonds is 2. The molecule has 0 radical (unpaired) electrons. The lowest BCUT2D eigenvalue weighted by molar-refractivity contribution is -0.120. The third-order valence-corrected chi connectivity index (χ3v) is 3.63. The van der Waals surface area contributed by atoms with Crippen molar-refractivity contribution in [1.82, 2.24) is 0 Å². The van der Waals surface area contributed by atoms with Gasteiger partial charge in [-0.15, -0.1) is 0 Å². The van der Waals surface area contributed by atoms with Crippen LogP contribution in [0.25, 0.3) is 0 Å². The van der Waals surface area contributed by atoms with Crippen molar-refractivity contribution in [3.8, 4) is 0 Å². The molecular weight excluding hydrogens is 240 g/mol. The number of Topliss-reactive ketones (excluding diaryl/α,β-unsaturated/α-hetero) is 1. The highest BCUT2D eigenvalue weighted by Gasteiger charge is 2.24. The highest BCUT2D eigenvalue weighted by molar-refractivity contribution is 9.10. The van der Waals surface area contributed by atoms with Gasteiger partial charge in [-0.25, -0.2) is 0 Å². The van der Waals surface area contributed by atoms with Crippen LogP contribution in [0.1, 0.15) is 24.8 Å². The fourth-order valence-electron chi connectivity index (χ4n) is 2.03. The molecule has 2 rings (SSSR count). The van der Waals surface area contributed by atoms with Gasteiger partial charge in [0.25, 0.3) is 0 Å². The van der Waals surface area contributed by atoms with Crippen LogP contribution in [0, 0.1) is 5.92 Å². The van der Waals surface area contributed by atoms with Crippen LogP contribution in [0.15, 0.2) is 28.7 Å². The first-order chi connectivity index (χ1) is 6.77. The maximum Gasteiger partial charge on any atom is 0.136 e. The number of carbonyl (C=O) groups excluding carboxylic acids is 1. The van der Waals surface area contributed by atoms with Crippen LogP contribution in [0.3, 0.4) is 0 Å². The first kappa shape index (κ1) is 9.91. The average Bonchev–Trinajstić information content (AvgIpc) is 2.56. The predicted octanol–water partition coefficient (Wildman–Crippen LogP) is 3.36. The minimum Gasteiger partial charge on any atom is -0.299 e. The first-order valence-electron chi connectivity index (χ1n) is 5.03. The zero-order chi connectivity index (χ0) is 9.97. The Hall–Kier alpha value is -0.630. The van der Waals surface area contributed by atoms with E-state index in [1.54, 1.807) is 0 Å². The highest BCUT2D eigenvalue weighted by Crippen LogP contribution is 2.27. The Kier molecular flexibility index (Phi) is 3.02. The second kappa shape index (κ2) is 4.26. The summed E-state index contributed by atoms with van der Waals surface area (Å²) in [6.45, 7) is 0. The molecule has 1 saturated carbocycles. The second-order valence-corrected chi connectivity index (χ2v) is 4.71. The van der Waals surface area contributed by atoms with Crippen molar-refractivity contribution in [1.29, 1.82) is 0 Å². The van der Waals surface area contributed by atoms with Crippen molar-refractivity contribution in [2.24, 2.45) is 5.92 Å². The summed E-state index contributed by atoms with van der Waals surface area (Å²) in [5.41, 5.74) is 1.26. The fourth-order valence-corrected chi connectivity index (χ4v) is 2.48. The average molecular weight is 253 g/mol. The van der Waals surface area contributed by atoms with Crippen LogP contribution in [0.4, 0.5) is 0 Å². The molecule has 0 saturated heterocycles. The summed E-state index contributed by atoms with van der Waals surface area (Å²) < 4.78 is 1.12. The molecular formula is C12H13BrO. The fraction of sp³-hybridized carbons (Fsp3) is 0.417. The molecule has 2 heteroatoms. The topological polar surface area (TPSA) is 17.1 Å². The lowest BCUT2D eigenvalue weighted by atomic mass is 9.97. The summed E-state index contributed by atoms with van der Waals surface area (Å²) in [5, 5.41) is 0. The van der Waals surface area contributed by atoms with Crippen LogP contribution in [0.5, 0.6) is 0 Å². The zero-order valence-corrected chi connectivity index (χ0v) is 9.59. The summed E-state index contributed by atoms with van der Waals surface area (Å²) in [6.07, 6.45) is 3.84. The summed E-state index contributed by atoms with van der Waals surface area (Å²) >= 11 is 3.51. The number of halogens is 1. The predicted molar refractivity (Wildman–Crippen MR) is 60.2 cm³/mol. The summed E-state index contributed by atoms with van der Waals surface area (Å²) in [6, 6.07) is 8.16. The van der Waals surface area contributed by atoms with Gasteiger partial charge in [0, 0.05) is 16.8 Å². The molecule has 0 spiro atoms. The van der Waals surface area contributed by atoms with E-state index >= 15 is 0 Å². The molecule has 0 aliphatic heterocycles. The van der Waals surface area contributed by atoms with Crippen molar-refractivity contribution in [2.75, 3.05) is 0 Å². The smallest absolute Gasteiger partial charge is 0.136 e. The SMILES string of the molecule is O=C1CCCC1Cc1ccccc1Br. The van der Waals surface area contributed by atoms with E-state index in [-0.39, 0.29) is 5.92 Å². The molecule has 1 aromatic carbocycles. The number of hydrogen-bond acceptors (Lipinski definition) is 1. The third-order valence-electron chi connectivity index (χ3n) is 2.86. The van der Waals surface area contributed by atoms with E-state index in [1.807, 2.05) is 18.2 Å². The molecule has 1 atom stereocenters. The Bertz CT molecular complexity index is 346. The van der Waals surface area contributed by atoms with Crippen LogP contribution in [0.2, 0.25) is 0 Å². The second-order valence-electron chi connectivity index (χ2n) is 3.85. The van der Waals surface area contributed by atoms with Crippen LogP contribution in [-0.4, -0.2) is 5.78 Å². The van der Waals surface area contributed by atoms with Gasteiger partial charge in [0.15, 0.2) is 0 Å². The molecule has 0 N–H and O–H groups in total. The minimum atomic E-state index is 0.272. The molecule has 1 nitrogen and oxygen atoms in total. The standard InChI is InChI=1S/C12H13BrO/c13-11-6-2-1-4-9(11)8-10-5-3-7-12(10)14/h1-2,4,6,10H,3,5,7-8H2. The quantitative estimate of drug-likeness (QED) is 0.789. The number of hydrogen-bond donors (Lipinski definition) is 0. The Balaban J connectivity index is 2.10. The molecule has 1 fully saturated rings. The van der Waals surface area contributed by atoms with Gasteiger partial charge < -0.3 is 0 Å². The van der Waals surface area contributed by atoms with Crippen molar-refractivity contribution in [3.05, 3.63) is 34.3 Å². The van der Waals surface area contributed by atoms with Crippen LogP contribution >= 0.6 is 15.9 Å². The van der Waals surface area contributed by atoms with Gasteiger partial charge in [-0.1, -0.05) is 34.1 Å². The number of benzene rings is 1. The van der Waals surface area contributed by atoms with Crippen LogP contribution < -0.4 is 0 Å². The molecule has 0 aromatic heterocycles. The molecule has 0 bridgehead atoms. The molecule has 74 valence electrons. The van der Waals surface area contributed by atoms with Crippen molar-refractivity contribution in [2.45, 2.75) is 25.7 Å². The minimum absolute atomic E-state index is 0.272. The Morgan fingerprint density at radius 2 is 2.14 bits per heavy atom. The Morgan fingerprint density at radius 1 is 1.36 bits per heavy atom. The van der Waals surface area contributed by atoms with Crippen molar-refractivity contribution >= 4 is 21.7 Å². The maximum atomic E-state index is 11.5. The largest absolute Gasteiger partial charge is 0.299 e. The molecule has 1 aliphatic rings. The lowest BCUT2D eigenvalue weighted by Crippen LogP contribution is -2.09. The van der Waals surface area contributed by atoms with E-state index in [2.05, 4.69) is 22.0 Å². The van der Waals surface area contributed by atoms with E-state index in [4.69, 9.17) is 0 Å². The molecule has 0 amide bonds. The maximum absolute atomic E-state index is 11.5. The van der Waals surface area contributed by atoms with Crippen molar-refractivity contribution in [3.63, 3.8) is 0 Å². The van der Waals surface area contributed by atoms with Gasteiger partial charge in [0.1, 0.15) is 5.78 Å². The molecule has 1 unspecified atom stereocenters. The Labute approximate surface area is 92.6 Å². The normalized spacial score (nSPS) is 21.5. The van der Waals surface area contributed by atoms with Gasteiger partial charge in [0.2, 0.25) is 0 Å². The molecule has 1 aromatic rings. The molecule has 0 heterocycles.